The van der Waals surface area contributed by atoms with Crippen LogP contribution < -0.4 is 14.2 Å². The molecule has 0 atom stereocenters. The molecule has 148 valence electrons. The molecular formula is C18H24N2O5S2. The van der Waals surface area contributed by atoms with Gasteiger partial charge in [-0.25, -0.2) is 16.8 Å². The van der Waals surface area contributed by atoms with Crippen LogP contribution in [0.2, 0.25) is 0 Å². The average Bonchev–Trinajstić information content (AvgIpc) is 2.52. The van der Waals surface area contributed by atoms with Gasteiger partial charge in [0.2, 0.25) is 10.0 Å². The van der Waals surface area contributed by atoms with E-state index in [4.69, 9.17) is 4.74 Å². The number of anilines is 2. The van der Waals surface area contributed by atoms with Crippen molar-refractivity contribution in [3.8, 4) is 5.75 Å². The summed E-state index contributed by atoms with van der Waals surface area (Å²) in [5.41, 5.74) is 1.29. The summed E-state index contributed by atoms with van der Waals surface area (Å²) in [5, 5.41) is 0. The van der Waals surface area contributed by atoms with Gasteiger partial charge in [-0.3, -0.25) is 9.44 Å². The normalized spacial score (nSPS) is 12.5. The Morgan fingerprint density at radius 1 is 0.889 bits per heavy atom. The van der Waals surface area contributed by atoms with Gasteiger partial charge < -0.3 is 4.74 Å². The molecule has 0 bridgehead atoms. The summed E-state index contributed by atoms with van der Waals surface area (Å²) >= 11 is 0. The maximum Gasteiger partial charge on any atom is 0.261 e. The molecule has 7 nitrogen and oxygen atoms in total. The molecule has 0 unspecified atom stereocenters. The molecule has 0 aliphatic rings. The lowest BCUT2D eigenvalue weighted by Crippen LogP contribution is -2.15. The van der Waals surface area contributed by atoms with E-state index in [1.165, 1.54) is 25.3 Å². The van der Waals surface area contributed by atoms with Gasteiger partial charge in [0.15, 0.2) is 0 Å². The van der Waals surface area contributed by atoms with Gasteiger partial charge in [-0.05, 0) is 41.3 Å². The molecule has 2 rings (SSSR count). The van der Waals surface area contributed by atoms with Gasteiger partial charge in [0, 0.05) is 0 Å². The average molecular weight is 413 g/mol. The molecule has 0 aromatic heterocycles. The molecule has 2 aromatic rings. The standard InChI is InChI=1S/C18H24N2O5S2/c1-18(2,3)13-6-9-15(10-7-13)27(23,24)19-14-8-11-17(25-4)16(12-14)20-26(5,21)22/h6-12,19-20H,1-5H3. The Morgan fingerprint density at radius 3 is 1.96 bits per heavy atom. The maximum absolute atomic E-state index is 12.6. The third-order valence-electron chi connectivity index (χ3n) is 3.78. The number of rotatable bonds is 6. The molecule has 0 saturated heterocycles. The van der Waals surface area contributed by atoms with Crippen molar-refractivity contribution in [1.82, 2.24) is 0 Å². The molecule has 0 saturated carbocycles. The highest BCUT2D eigenvalue weighted by Crippen LogP contribution is 2.30. The third-order valence-corrected chi connectivity index (χ3v) is 5.77. The summed E-state index contributed by atoms with van der Waals surface area (Å²) in [4.78, 5) is 0.115. The second kappa shape index (κ2) is 7.40. The Kier molecular flexibility index (Phi) is 5.77. The quantitative estimate of drug-likeness (QED) is 0.759. The largest absolute Gasteiger partial charge is 0.495 e. The Labute approximate surface area is 160 Å². The summed E-state index contributed by atoms with van der Waals surface area (Å²) in [5.74, 6) is 0.276. The number of methoxy groups -OCH3 is 1. The van der Waals surface area contributed by atoms with Crippen molar-refractivity contribution in [2.45, 2.75) is 31.1 Å². The Bertz CT molecular complexity index is 1020. The van der Waals surface area contributed by atoms with Gasteiger partial charge >= 0.3 is 0 Å². The zero-order valence-corrected chi connectivity index (χ0v) is 17.5. The van der Waals surface area contributed by atoms with Crippen molar-refractivity contribution in [1.29, 1.82) is 0 Å². The van der Waals surface area contributed by atoms with Crippen molar-refractivity contribution in [2.75, 3.05) is 22.8 Å². The predicted octanol–water partition coefficient (Wildman–Crippen LogP) is 3.17. The lowest BCUT2D eigenvalue weighted by Gasteiger charge is -2.19. The molecule has 0 heterocycles. The second-order valence-electron chi connectivity index (χ2n) is 7.17. The van der Waals surface area contributed by atoms with Gasteiger partial charge in [-0.1, -0.05) is 32.9 Å². The highest BCUT2D eigenvalue weighted by Gasteiger charge is 2.18. The lowest BCUT2D eigenvalue weighted by molar-refractivity contribution is 0.417. The number of benzene rings is 2. The fourth-order valence-electron chi connectivity index (χ4n) is 2.40. The minimum Gasteiger partial charge on any atom is -0.495 e. The summed E-state index contributed by atoms with van der Waals surface area (Å²) in [6, 6.07) is 11.0. The highest BCUT2D eigenvalue weighted by molar-refractivity contribution is 7.92. The molecule has 0 radical (unpaired) electrons. The van der Waals surface area contributed by atoms with Crippen LogP contribution in [-0.2, 0) is 25.5 Å². The van der Waals surface area contributed by atoms with E-state index < -0.39 is 20.0 Å². The molecule has 27 heavy (non-hydrogen) atoms. The van der Waals surface area contributed by atoms with Crippen molar-refractivity contribution in [3.05, 3.63) is 48.0 Å². The molecule has 0 aliphatic carbocycles. The van der Waals surface area contributed by atoms with Crippen LogP contribution in [0.4, 0.5) is 11.4 Å². The topological polar surface area (TPSA) is 102 Å². The van der Waals surface area contributed by atoms with Gasteiger partial charge in [-0.2, -0.15) is 0 Å². The first kappa shape index (κ1) is 21.0. The first-order valence-electron chi connectivity index (χ1n) is 8.11. The molecule has 0 amide bonds. The van der Waals surface area contributed by atoms with Crippen LogP contribution in [-0.4, -0.2) is 30.2 Å². The van der Waals surface area contributed by atoms with Gasteiger partial charge in [-0.15, -0.1) is 0 Å². The molecule has 2 N–H and O–H groups in total. The summed E-state index contributed by atoms with van der Waals surface area (Å²) in [6.45, 7) is 6.13. The number of hydrogen-bond acceptors (Lipinski definition) is 5. The second-order valence-corrected chi connectivity index (χ2v) is 10.6. The van der Waals surface area contributed by atoms with Crippen LogP contribution in [0.15, 0.2) is 47.4 Å². The summed E-state index contributed by atoms with van der Waals surface area (Å²) < 4.78 is 58.1. The van der Waals surface area contributed by atoms with Crippen LogP contribution in [0.5, 0.6) is 5.75 Å². The van der Waals surface area contributed by atoms with Crippen molar-refractivity contribution in [2.24, 2.45) is 0 Å². The molecule has 2 aromatic carbocycles. The van der Waals surface area contributed by atoms with Crippen LogP contribution in [0.1, 0.15) is 26.3 Å². The van der Waals surface area contributed by atoms with E-state index in [2.05, 4.69) is 9.44 Å². The van der Waals surface area contributed by atoms with Gasteiger partial charge in [0.05, 0.1) is 29.6 Å². The van der Waals surface area contributed by atoms with Crippen LogP contribution in [0, 0.1) is 0 Å². The van der Waals surface area contributed by atoms with Gasteiger partial charge in [0.1, 0.15) is 5.75 Å². The third kappa shape index (κ3) is 5.61. The molecular weight excluding hydrogens is 388 g/mol. The SMILES string of the molecule is COc1ccc(NS(=O)(=O)c2ccc(C(C)(C)C)cc2)cc1NS(C)(=O)=O. The minimum absolute atomic E-state index is 0.0854. The van der Waals surface area contributed by atoms with Gasteiger partial charge in [0.25, 0.3) is 10.0 Å². The van der Waals surface area contributed by atoms with E-state index in [0.717, 1.165) is 11.8 Å². The summed E-state index contributed by atoms with van der Waals surface area (Å²) in [7, 11) is -5.98. The first-order valence-corrected chi connectivity index (χ1v) is 11.5. The maximum atomic E-state index is 12.6. The van der Waals surface area contributed by atoms with Crippen molar-refractivity contribution < 1.29 is 21.6 Å². The van der Waals surface area contributed by atoms with Crippen LogP contribution in [0.3, 0.4) is 0 Å². The van der Waals surface area contributed by atoms with E-state index in [-0.39, 0.29) is 27.4 Å². The number of nitrogens with one attached hydrogen (secondary N) is 2. The Balaban J connectivity index is 2.33. The highest BCUT2D eigenvalue weighted by atomic mass is 32.2. The van der Waals surface area contributed by atoms with Crippen molar-refractivity contribution in [3.63, 3.8) is 0 Å². The smallest absolute Gasteiger partial charge is 0.261 e. The monoisotopic (exact) mass is 412 g/mol. The van der Waals surface area contributed by atoms with Crippen molar-refractivity contribution >= 4 is 31.4 Å². The Morgan fingerprint density at radius 2 is 1.48 bits per heavy atom. The molecule has 9 heteroatoms. The van der Waals surface area contributed by atoms with E-state index in [1.807, 2.05) is 20.8 Å². The zero-order chi connectivity index (χ0) is 20.5. The van der Waals surface area contributed by atoms with Crippen LogP contribution in [0.25, 0.3) is 0 Å². The van der Waals surface area contributed by atoms with E-state index in [1.54, 1.807) is 24.3 Å². The zero-order valence-electron chi connectivity index (χ0n) is 15.9. The Hall–Kier alpha value is -2.26. The fourth-order valence-corrected chi connectivity index (χ4v) is 4.01. The molecule has 0 spiro atoms. The minimum atomic E-state index is -3.82. The number of hydrogen-bond donors (Lipinski definition) is 2. The van der Waals surface area contributed by atoms with E-state index in [0.29, 0.717) is 0 Å². The summed E-state index contributed by atoms with van der Waals surface area (Å²) in [6.07, 6.45) is 1.00. The predicted molar refractivity (Wildman–Crippen MR) is 107 cm³/mol. The van der Waals surface area contributed by atoms with Crippen LogP contribution >= 0.6 is 0 Å². The van der Waals surface area contributed by atoms with E-state index in [9.17, 15) is 16.8 Å². The molecule has 0 aliphatic heterocycles. The number of ether oxygens (including phenoxy) is 1. The molecule has 0 fully saturated rings. The lowest BCUT2D eigenvalue weighted by atomic mass is 9.87. The van der Waals surface area contributed by atoms with E-state index >= 15 is 0 Å². The first-order chi connectivity index (χ1) is 12.3. The fraction of sp³-hybridized carbons (Fsp3) is 0.333. The number of sulfonamides is 2.